The maximum atomic E-state index is 13.4. The van der Waals surface area contributed by atoms with Gasteiger partial charge in [0, 0.05) is 31.1 Å². The van der Waals surface area contributed by atoms with Crippen LogP contribution in [0.2, 0.25) is 0 Å². The van der Waals surface area contributed by atoms with Gasteiger partial charge in [-0.25, -0.2) is 9.78 Å². The third-order valence-electron chi connectivity index (χ3n) is 7.81. The van der Waals surface area contributed by atoms with Crippen LogP contribution in [0.25, 0.3) is 22.2 Å². The van der Waals surface area contributed by atoms with Crippen molar-refractivity contribution < 1.29 is 19.1 Å². The number of ketones is 1. The monoisotopic (exact) mass is 588 g/mol. The summed E-state index contributed by atoms with van der Waals surface area (Å²) in [6.07, 6.45) is 1.40. The van der Waals surface area contributed by atoms with Gasteiger partial charge in [0.1, 0.15) is 11.3 Å². The molecule has 0 saturated carbocycles. The van der Waals surface area contributed by atoms with E-state index in [1.807, 2.05) is 123 Å². The number of benzene rings is 3. The number of piperidine rings is 1. The number of rotatable bonds is 6. The summed E-state index contributed by atoms with van der Waals surface area (Å²) in [6.45, 7) is 5.92. The van der Waals surface area contributed by atoms with Crippen molar-refractivity contribution in [1.29, 1.82) is 0 Å². The van der Waals surface area contributed by atoms with E-state index in [1.54, 1.807) is 6.20 Å². The number of fused-ring (bicyclic) bond motifs is 1. The molecule has 0 spiro atoms. The van der Waals surface area contributed by atoms with E-state index in [0.29, 0.717) is 18.8 Å². The van der Waals surface area contributed by atoms with Crippen LogP contribution in [0, 0.1) is 0 Å². The van der Waals surface area contributed by atoms with E-state index >= 15 is 0 Å². The Morgan fingerprint density at radius 2 is 1.59 bits per heavy atom. The molecule has 8 heteroatoms. The molecule has 224 valence electrons. The van der Waals surface area contributed by atoms with Gasteiger partial charge in [-0.3, -0.25) is 9.48 Å². The average Bonchev–Trinajstić information content (AvgIpc) is 3.36. The fourth-order valence-corrected chi connectivity index (χ4v) is 5.84. The first-order chi connectivity index (χ1) is 21.2. The highest BCUT2D eigenvalue weighted by Crippen LogP contribution is 2.39. The van der Waals surface area contributed by atoms with Crippen LogP contribution in [0.5, 0.6) is 5.88 Å². The Bertz CT molecular complexity index is 1750. The average molecular weight is 589 g/mol. The zero-order chi connectivity index (χ0) is 30.8. The fraction of sp³-hybridized carbons (Fsp3) is 0.278. The molecule has 2 aromatic heterocycles. The number of Topliss-reactive ketones (excluding diaryl/α,β-unsaturated/α-hetero) is 1. The first-order valence-electron chi connectivity index (χ1n) is 14.9. The number of likely N-dealkylation sites (tertiary alicyclic amines) is 1. The van der Waals surface area contributed by atoms with E-state index in [2.05, 4.69) is 4.98 Å². The van der Waals surface area contributed by atoms with Crippen LogP contribution in [-0.4, -0.2) is 50.2 Å². The van der Waals surface area contributed by atoms with Crippen molar-refractivity contribution >= 4 is 22.8 Å². The number of aryl methyl sites for hydroxylation is 1. The van der Waals surface area contributed by atoms with Crippen LogP contribution >= 0.6 is 0 Å². The smallest absolute Gasteiger partial charge is 0.410 e. The minimum absolute atomic E-state index is 0.0155. The molecule has 1 fully saturated rings. The molecule has 0 N–H and O–H groups in total. The molecule has 44 heavy (non-hydrogen) atoms. The molecule has 8 nitrogen and oxygen atoms in total. The quantitative estimate of drug-likeness (QED) is 0.210. The van der Waals surface area contributed by atoms with Gasteiger partial charge in [-0.1, -0.05) is 78.9 Å². The summed E-state index contributed by atoms with van der Waals surface area (Å²) < 4.78 is 14.0. The summed E-state index contributed by atoms with van der Waals surface area (Å²) in [5.41, 5.74) is 4.67. The molecule has 1 atom stereocenters. The Morgan fingerprint density at radius 3 is 2.23 bits per heavy atom. The summed E-state index contributed by atoms with van der Waals surface area (Å²) in [5, 5.41) is 5.84. The molecule has 0 radical (unpaired) electrons. The Morgan fingerprint density at radius 1 is 0.909 bits per heavy atom. The van der Waals surface area contributed by atoms with Gasteiger partial charge in [-0.15, -0.1) is 0 Å². The van der Waals surface area contributed by atoms with Gasteiger partial charge in [-0.05, 0) is 56.0 Å². The lowest BCUT2D eigenvalue weighted by atomic mass is 9.87. The van der Waals surface area contributed by atoms with Crippen LogP contribution in [0.4, 0.5) is 4.79 Å². The van der Waals surface area contributed by atoms with Crippen molar-refractivity contribution in [3.8, 4) is 17.1 Å². The molecular weight excluding hydrogens is 552 g/mol. The molecule has 0 bridgehead atoms. The zero-order valence-corrected chi connectivity index (χ0v) is 25.4. The van der Waals surface area contributed by atoms with Crippen molar-refractivity contribution in [1.82, 2.24) is 19.7 Å². The second-order valence-electron chi connectivity index (χ2n) is 12.1. The lowest BCUT2D eigenvalue weighted by Crippen LogP contribution is -2.45. The third kappa shape index (κ3) is 5.93. The molecule has 1 aliphatic rings. The van der Waals surface area contributed by atoms with E-state index in [9.17, 15) is 9.59 Å². The number of para-hydroxylation sites is 1. The Hall–Kier alpha value is -4.98. The van der Waals surface area contributed by atoms with Crippen LogP contribution in [0.15, 0.2) is 97.2 Å². The van der Waals surface area contributed by atoms with Gasteiger partial charge in [0.25, 0.3) is 0 Å². The fourth-order valence-electron chi connectivity index (χ4n) is 5.84. The van der Waals surface area contributed by atoms with Crippen molar-refractivity contribution in [2.24, 2.45) is 7.05 Å². The van der Waals surface area contributed by atoms with Crippen molar-refractivity contribution in [2.75, 3.05) is 13.1 Å². The van der Waals surface area contributed by atoms with Gasteiger partial charge < -0.3 is 14.4 Å². The number of ether oxygens (including phenoxy) is 2. The van der Waals surface area contributed by atoms with E-state index in [4.69, 9.17) is 14.6 Å². The summed E-state index contributed by atoms with van der Waals surface area (Å²) in [5.74, 6) is 0.0967. The Balaban J connectivity index is 1.34. The molecule has 1 amide bonds. The second kappa shape index (κ2) is 12.0. The molecule has 1 saturated heterocycles. The number of amides is 1. The van der Waals surface area contributed by atoms with Crippen LogP contribution in [0.3, 0.4) is 0 Å². The minimum Gasteiger partial charge on any atom is -0.464 e. The number of hydrogen-bond acceptors (Lipinski definition) is 6. The van der Waals surface area contributed by atoms with E-state index in [1.165, 1.54) is 4.90 Å². The molecule has 5 aromatic rings. The number of nitrogens with zero attached hydrogens (tertiary/aromatic N) is 4. The normalized spacial score (nSPS) is 15.5. The van der Waals surface area contributed by atoms with Crippen LogP contribution < -0.4 is 4.74 Å². The van der Waals surface area contributed by atoms with Crippen LogP contribution in [-0.2, 0) is 16.6 Å². The standard InChI is InChI=1S/C36H36N4O4/c1-36(2,3)44-35(42)40-22-20-26(30(41)23-40)27-17-11-18-28-31(38-39(4)32(27)28)29-19-12-21-37-34(29)43-33(24-13-7-5-8-14-24)25-15-9-6-10-16-25/h5-19,21,26,33H,20,22-23H2,1-4H3. The van der Waals surface area contributed by atoms with Crippen molar-refractivity contribution in [3.05, 3.63) is 114 Å². The second-order valence-corrected chi connectivity index (χ2v) is 12.1. The van der Waals surface area contributed by atoms with E-state index in [-0.39, 0.29) is 24.3 Å². The van der Waals surface area contributed by atoms with Crippen molar-refractivity contribution in [2.45, 2.75) is 44.8 Å². The molecule has 1 unspecified atom stereocenters. The maximum Gasteiger partial charge on any atom is 0.410 e. The molecule has 0 aliphatic carbocycles. The summed E-state index contributed by atoms with van der Waals surface area (Å²) in [4.78, 5) is 32.2. The lowest BCUT2D eigenvalue weighted by molar-refractivity contribution is -0.123. The predicted molar refractivity (Wildman–Crippen MR) is 169 cm³/mol. The van der Waals surface area contributed by atoms with Crippen molar-refractivity contribution in [3.63, 3.8) is 0 Å². The van der Waals surface area contributed by atoms with Gasteiger partial charge in [0.15, 0.2) is 11.9 Å². The highest BCUT2D eigenvalue weighted by Gasteiger charge is 2.34. The minimum atomic E-state index is -0.620. The zero-order valence-electron chi connectivity index (χ0n) is 25.4. The van der Waals surface area contributed by atoms with Gasteiger partial charge >= 0.3 is 6.09 Å². The third-order valence-corrected chi connectivity index (χ3v) is 7.81. The molecule has 1 aliphatic heterocycles. The first kappa shape index (κ1) is 29.1. The number of carbonyl (C=O) groups excluding carboxylic acids is 2. The van der Waals surface area contributed by atoms with Gasteiger partial charge in [0.2, 0.25) is 5.88 Å². The summed E-state index contributed by atoms with van der Waals surface area (Å²) in [7, 11) is 1.89. The number of hydrogen-bond donors (Lipinski definition) is 0. The summed E-state index contributed by atoms with van der Waals surface area (Å²) in [6, 6.07) is 30.0. The highest BCUT2D eigenvalue weighted by atomic mass is 16.6. The SMILES string of the molecule is Cn1nc(-c2cccnc2OC(c2ccccc2)c2ccccc2)c2cccc(C3CCN(C(=O)OC(C)(C)C)CC3=O)c21. The number of carbonyl (C=O) groups is 2. The van der Waals surface area contributed by atoms with E-state index < -0.39 is 11.7 Å². The molecular formula is C36H36N4O4. The number of pyridine rings is 1. The topological polar surface area (TPSA) is 86.6 Å². The predicted octanol–water partition coefficient (Wildman–Crippen LogP) is 7.10. The maximum absolute atomic E-state index is 13.4. The van der Waals surface area contributed by atoms with Gasteiger partial charge in [0.05, 0.1) is 17.6 Å². The molecule has 6 rings (SSSR count). The summed E-state index contributed by atoms with van der Waals surface area (Å²) >= 11 is 0. The largest absolute Gasteiger partial charge is 0.464 e. The lowest BCUT2D eigenvalue weighted by Gasteiger charge is -2.32. The number of aromatic nitrogens is 3. The Kier molecular flexibility index (Phi) is 7.91. The van der Waals surface area contributed by atoms with Crippen LogP contribution in [0.1, 0.15) is 55.9 Å². The molecule has 3 aromatic carbocycles. The Labute approximate surface area is 257 Å². The van der Waals surface area contributed by atoms with Gasteiger partial charge in [-0.2, -0.15) is 5.10 Å². The first-order valence-corrected chi connectivity index (χ1v) is 14.9. The highest BCUT2D eigenvalue weighted by molar-refractivity contribution is 6.00. The van der Waals surface area contributed by atoms with E-state index in [0.717, 1.165) is 38.9 Å². The molecule has 3 heterocycles.